The Balaban J connectivity index is 1.43. The molecule has 4 nitrogen and oxygen atoms in total. The van der Waals surface area contributed by atoms with Crippen molar-refractivity contribution >= 4 is 0 Å². The van der Waals surface area contributed by atoms with E-state index in [0.717, 1.165) is 30.6 Å². The van der Waals surface area contributed by atoms with Gasteiger partial charge in [0.2, 0.25) is 0 Å². The van der Waals surface area contributed by atoms with Crippen LogP contribution in [0.3, 0.4) is 0 Å². The smallest absolute Gasteiger partial charge is 0.122 e. The van der Waals surface area contributed by atoms with Crippen molar-refractivity contribution in [3.8, 4) is 11.5 Å². The van der Waals surface area contributed by atoms with Crippen LogP contribution >= 0.6 is 0 Å². The van der Waals surface area contributed by atoms with E-state index in [1.54, 1.807) is 0 Å². The Morgan fingerprint density at radius 2 is 1.26 bits per heavy atom. The first kappa shape index (κ1) is 20.8. The van der Waals surface area contributed by atoms with Gasteiger partial charge in [-0.1, -0.05) is 31.2 Å². The minimum absolute atomic E-state index is 0.0539. The van der Waals surface area contributed by atoms with Crippen LogP contribution in [0.15, 0.2) is 36.4 Å². The van der Waals surface area contributed by atoms with Crippen molar-refractivity contribution in [1.29, 1.82) is 0 Å². The summed E-state index contributed by atoms with van der Waals surface area (Å²) in [5.74, 6) is 2.74. The maximum atomic E-state index is 5.99. The van der Waals surface area contributed by atoms with Crippen LogP contribution in [0.1, 0.15) is 54.9 Å². The molecule has 2 aromatic rings. The maximum Gasteiger partial charge on any atom is 0.122 e. The standard InChI is InChI=1S/C27H34O4/c1-18-8-10-27(11-9-18,21-4-6-25(19(2)12-21)30-16-23-14-28-23)22-5-7-26(20(3)13-22)31-17-24-15-29-24/h4-7,12-13,18,23-24H,8-11,14-17H2,1-3H3. The van der Waals surface area contributed by atoms with E-state index >= 15 is 0 Å². The molecule has 5 rings (SSSR count). The number of epoxide rings is 2. The largest absolute Gasteiger partial charge is 0.491 e. The third-order valence-electron chi connectivity index (χ3n) is 7.24. The Hall–Kier alpha value is -2.04. The zero-order valence-electron chi connectivity index (χ0n) is 19.0. The van der Waals surface area contributed by atoms with Crippen molar-refractivity contribution in [3.63, 3.8) is 0 Å². The summed E-state index contributed by atoms with van der Waals surface area (Å²) in [6.45, 7) is 9.65. The molecule has 0 amide bonds. The fraction of sp³-hybridized carbons (Fsp3) is 0.556. The van der Waals surface area contributed by atoms with Crippen molar-refractivity contribution < 1.29 is 18.9 Å². The van der Waals surface area contributed by atoms with Gasteiger partial charge in [0.05, 0.1) is 13.2 Å². The van der Waals surface area contributed by atoms with Gasteiger partial charge in [0, 0.05) is 5.41 Å². The van der Waals surface area contributed by atoms with Gasteiger partial charge in [-0.25, -0.2) is 0 Å². The van der Waals surface area contributed by atoms with Gasteiger partial charge in [-0.2, -0.15) is 0 Å². The predicted octanol–water partition coefficient (Wildman–Crippen LogP) is 5.35. The highest BCUT2D eigenvalue weighted by Crippen LogP contribution is 2.48. The highest BCUT2D eigenvalue weighted by Gasteiger charge is 2.38. The summed E-state index contributed by atoms with van der Waals surface area (Å²) in [4.78, 5) is 0. The van der Waals surface area contributed by atoms with E-state index in [4.69, 9.17) is 18.9 Å². The molecule has 2 saturated heterocycles. The Morgan fingerprint density at radius 3 is 1.65 bits per heavy atom. The Morgan fingerprint density at radius 1 is 0.806 bits per heavy atom. The van der Waals surface area contributed by atoms with E-state index in [9.17, 15) is 0 Å². The van der Waals surface area contributed by atoms with Crippen LogP contribution in [0.2, 0.25) is 0 Å². The van der Waals surface area contributed by atoms with Gasteiger partial charge in [0.15, 0.2) is 0 Å². The van der Waals surface area contributed by atoms with Crippen molar-refractivity contribution in [2.24, 2.45) is 5.92 Å². The lowest BCUT2D eigenvalue weighted by molar-refractivity contribution is 0.259. The van der Waals surface area contributed by atoms with Crippen molar-refractivity contribution in [3.05, 3.63) is 58.7 Å². The van der Waals surface area contributed by atoms with E-state index in [1.165, 1.54) is 47.9 Å². The SMILES string of the molecule is Cc1cc(C2(c3ccc(OCC4CO4)c(C)c3)CCC(C)CC2)ccc1OCC1CO1. The first-order valence-electron chi connectivity index (χ1n) is 11.7. The summed E-state index contributed by atoms with van der Waals surface area (Å²) in [5.41, 5.74) is 5.28. The predicted molar refractivity (Wildman–Crippen MR) is 121 cm³/mol. The van der Waals surface area contributed by atoms with Gasteiger partial charge in [-0.05, 0) is 79.8 Å². The molecule has 3 aliphatic rings. The Bertz CT molecular complexity index is 853. The molecular formula is C27H34O4. The molecule has 2 aliphatic heterocycles. The average molecular weight is 423 g/mol. The van der Waals surface area contributed by atoms with Crippen LogP contribution in [0, 0.1) is 19.8 Å². The van der Waals surface area contributed by atoms with Gasteiger partial charge in [0.1, 0.15) is 36.9 Å². The van der Waals surface area contributed by atoms with Crippen LogP contribution in [-0.4, -0.2) is 38.6 Å². The summed E-state index contributed by atoms with van der Waals surface area (Å²) in [6.07, 6.45) is 5.43. The molecule has 0 bridgehead atoms. The molecule has 166 valence electrons. The zero-order chi connectivity index (χ0) is 21.4. The Kier molecular flexibility index (Phi) is 5.70. The summed E-state index contributed by atoms with van der Waals surface area (Å²) in [6, 6.07) is 13.6. The second-order valence-corrected chi connectivity index (χ2v) is 9.76. The molecule has 1 saturated carbocycles. The van der Waals surface area contributed by atoms with Crippen molar-refractivity contribution in [2.45, 2.75) is 64.1 Å². The first-order valence-corrected chi connectivity index (χ1v) is 11.7. The fourth-order valence-corrected chi connectivity index (χ4v) is 4.91. The number of ether oxygens (including phenoxy) is 4. The van der Waals surface area contributed by atoms with Gasteiger partial charge < -0.3 is 18.9 Å². The molecule has 0 spiro atoms. The first-order chi connectivity index (χ1) is 15.0. The quantitative estimate of drug-likeness (QED) is 0.538. The van der Waals surface area contributed by atoms with Gasteiger partial charge in [-0.3, -0.25) is 0 Å². The lowest BCUT2D eigenvalue weighted by Crippen LogP contribution is -2.33. The third kappa shape index (κ3) is 4.61. The minimum atomic E-state index is 0.0539. The highest BCUT2D eigenvalue weighted by atomic mass is 16.6. The number of benzene rings is 2. The number of hydrogen-bond donors (Lipinski definition) is 0. The second-order valence-electron chi connectivity index (χ2n) is 9.76. The maximum absolute atomic E-state index is 5.99. The monoisotopic (exact) mass is 422 g/mol. The molecule has 2 aromatic carbocycles. The molecule has 2 heterocycles. The molecule has 0 aromatic heterocycles. The molecule has 31 heavy (non-hydrogen) atoms. The van der Waals surface area contributed by atoms with Crippen LogP contribution in [0.25, 0.3) is 0 Å². The summed E-state index contributed by atoms with van der Waals surface area (Å²) in [7, 11) is 0. The molecule has 1 aliphatic carbocycles. The number of aryl methyl sites for hydroxylation is 2. The molecule has 3 fully saturated rings. The van der Waals surface area contributed by atoms with Crippen LogP contribution < -0.4 is 9.47 Å². The molecule has 0 radical (unpaired) electrons. The molecular weight excluding hydrogens is 388 g/mol. The topological polar surface area (TPSA) is 43.5 Å². The molecule has 2 unspecified atom stereocenters. The van der Waals surface area contributed by atoms with Crippen LogP contribution in [0.5, 0.6) is 11.5 Å². The van der Waals surface area contributed by atoms with E-state index in [-0.39, 0.29) is 17.6 Å². The summed E-state index contributed by atoms with van der Waals surface area (Å²) >= 11 is 0. The lowest BCUT2D eigenvalue weighted by Gasteiger charge is -2.41. The van der Waals surface area contributed by atoms with Crippen LogP contribution in [0.4, 0.5) is 0 Å². The number of hydrogen-bond acceptors (Lipinski definition) is 4. The van der Waals surface area contributed by atoms with Crippen molar-refractivity contribution in [2.75, 3.05) is 26.4 Å². The van der Waals surface area contributed by atoms with Gasteiger partial charge >= 0.3 is 0 Å². The molecule has 0 N–H and O–H groups in total. The Labute approximate surface area is 185 Å². The van der Waals surface area contributed by atoms with Gasteiger partial charge in [-0.15, -0.1) is 0 Å². The van der Waals surface area contributed by atoms with E-state index < -0.39 is 0 Å². The van der Waals surface area contributed by atoms with Gasteiger partial charge in [0.25, 0.3) is 0 Å². The number of rotatable bonds is 8. The average Bonchev–Trinajstić information content (AvgIpc) is 3.68. The van der Waals surface area contributed by atoms with Crippen LogP contribution in [-0.2, 0) is 14.9 Å². The van der Waals surface area contributed by atoms with Crippen molar-refractivity contribution in [1.82, 2.24) is 0 Å². The molecule has 2 atom stereocenters. The van der Waals surface area contributed by atoms with E-state index in [2.05, 4.69) is 57.2 Å². The summed E-state index contributed by atoms with van der Waals surface area (Å²) in [5, 5.41) is 0. The fourth-order valence-electron chi connectivity index (χ4n) is 4.91. The normalized spacial score (nSPS) is 29.5. The zero-order valence-corrected chi connectivity index (χ0v) is 19.0. The minimum Gasteiger partial charge on any atom is -0.491 e. The second kappa shape index (κ2) is 8.48. The molecule has 4 heteroatoms. The third-order valence-corrected chi connectivity index (χ3v) is 7.24. The highest BCUT2D eigenvalue weighted by molar-refractivity contribution is 5.48. The van der Waals surface area contributed by atoms with E-state index in [1.807, 2.05) is 0 Å². The lowest BCUT2D eigenvalue weighted by atomic mass is 9.63. The van der Waals surface area contributed by atoms with E-state index in [0.29, 0.717) is 13.2 Å². The summed E-state index contributed by atoms with van der Waals surface area (Å²) < 4.78 is 22.6.